The fourth-order valence-corrected chi connectivity index (χ4v) is 3.98. The fraction of sp³-hybridized carbons (Fsp3) is 0.308. The van der Waals surface area contributed by atoms with Crippen LogP contribution in [0.3, 0.4) is 0 Å². The summed E-state index contributed by atoms with van der Waals surface area (Å²) < 4.78 is 5.73. The molecule has 0 bridgehead atoms. The van der Waals surface area contributed by atoms with Gasteiger partial charge >= 0.3 is 0 Å². The smallest absolute Gasteiger partial charge is 0.262 e. The molecule has 1 aliphatic heterocycles. The Morgan fingerprint density at radius 2 is 1.59 bits per heavy atom. The summed E-state index contributed by atoms with van der Waals surface area (Å²) in [6.45, 7) is 6.63. The molecule has 0 radical (unpaired) electrons. The first kappa shape index (κ1) is 21.7. The Morgan fingerprint density at radius 3 is 2.34 bits per heavy atom. The number of hydrogen-bond acceptors (Lipinski definition) is 4. The molecular formula is C26H29N3O3. The first-order valence-electron chi connectivity index (χ1n) is 11.1. The minimum Gasteiger partial charge on any atom is -0.484 e. The molecule has 0 unspecified atom stereocenters. The molecule has 166 valence electrons. The molecule has 0 spiro atoms. The van der Waals surface area contributed by atoms with E-state index in [4.69, 9.17) is 4.74 Å². The zero-order valence-electron chi connectivity index (χ0n) is 18.6. The summed E-state index contributed by atoms with van der Waals surface area (Å²) >= 11 is 0. The number of ether oxygens (including phenoxy) is 1. The number of nitrogens with zero attached hydrogens (tertiary/aromatic N) is 2. The van der Waals surface area contributed by atoms with Gasteiger partial charge in [-0.1, -0.05) is 56.3 Å². The summed E-state index contributed by atoms with van der Waals surface area (Å²) in [6.07, 6.45) is 0. The normalized spacial score (nSPS) is 14.0. The number of anilines is 2. The molecule has 1 heterocycles. The molecule has 3 aromatic carbocycles. The number of fused-ring (bicyclic) bond motifs is 1. The van der Waals surface area contributed by atoms with Crippen molar-refractivity contribution in [1.29, 1.82) is 0 Å². The first-order chi connectivity index (χ1) is 15.5. The Hall–Kier alpha value is -3.54. The summed E-state index contributed by atoms with van der Waals surface area (Å²) in [7, 11) is 0. The van der Waals surface area contributed by atoms with Crippen molar-refractivity contribution >= 4 is 34.0 Å². The second kappa shape index (κ2) is 9.73. The molecule has 32 heavy (non-hydrogen) atoms. The van der Waals surface area contributed by atoms with Gasteiger partial charge < -0.3 is 19.9 Å². The number of nitrogens with one attached hydrogen (secondary N) is 1. The van der Waals surface area contributed by atoms with Crippen LogP contribution in [0.25, 0.3) is 10.8 Å². The van der Waals surface area contributed by atoms with Gasteiger partial charge in [-0.3, -0.25) is 9.59 Å². The second-order valence-electron chi connectivity index (χ2n) is 8.33. The van der Waals surface area contributed by atoms with E-state index in [0.29, 0.717) is 18.8 Å². The fourth-order valence-electron chi connectivity index (χ4n) is 3.98. The van der Waals surface area contributed by atoms with Crippen molar-refractivity contribution in [1.82, 2.24) is 4.90 Å². The number of carbonyl (C=O) groups excluding carboxylic acids is 2. The number of carbonyl (C=O) groups is 2. The lowest BCUT2D eigenvalue weighted by Gasteiger charge is -2.37. The van der Waals surface area contributed by atoms with Crippen LogP contribution in [0.5, 0.6) is 5.75 Å². The van der Waals surface area contributed by atoms with Crippen LogP contribution < -0.4 is 15.0 Å². The van der Waals surface area contributed by atoms with E-state index in [2.05, 4.69) is 10.2 Å². The van der Waals surface area contributed by atoms with E-state index in [0.717, 1.165) is 35.2 Å². The zero-order valence-corrected chi connectivity index (χ0v) is 18.6. The van der Waals surface area contributed by atoms with Crippen LogP contribution in [0.15, 0.2) is 66.7 Å². The number of para-hydroxylation sites is 2. The van der Waals surface area contributed by atoms with Crippen molar-refractivity contribution in [3.05, 3.63) is 66.7 Å². The van der Waals surface area contributed by atoms with Gasteiger partial charge in [0.2, 0.25) is 5.91 Å². The van der Waals surface area contributed by atoms with Gasteiger partial charge in [0.25, 0.3) is 5.91 Å². The quantitative estimate of drug-likeness (QED) is 0.637. The summed E-state index contributed by atoms with van der Waals surface area (Å²) in [5, 5.41) is 5.19. The largest absolute Gasteiger partial charge is 0.484 e. The molecule has 6 heteroatoms. The molecular weight excluding hydrogens is 402 g/mol. The third kappa shape index (κ3) is 5.02. The van der Waals surface area contributed by atoms with Gasteiger partial charge in [0.1, 0.15) is 5.75 Å². The van der Waals surface area contributed by atoms with Gasteiger partial charge in [0.15, 0.2) is 6.61 Å². The average molecular weight is 432 g/mol. The molecule has 0 aromatic heterocycles. The molecule has 1 N–H and O–H groups in total. The molecule has 0 aliphatic carbocycles. The Balaban J connectivity index is 1.36. The lowest BCUT2D eigenvalue weighted by molar-refractivity contribution is -0.134. The SMILES string of the molecule is CC(C)C(=O)N1CCN(c2ccccc2NC(=O)COc2ccc3ccccc3c2)CC1. The maximum absolute atomic E-state index is 12.6. The van der Waals surface area contributed by atoms with Crippen LogP contribution in [0.2, 0.25) is 0 Å². The van der Waals surface area contributed by atoms with Crippen molar-refractivity contribution in [2.75, 3.05) is 43.0 Å². The minimum atomic E-state index is -0.209. The van der Waals surface area contributed by atoms with Crippen LogP contribution in [0.1, 0.15) is 13.8 Å². The van der Waals surface area contributed by atoms with Crippen molar-refractivity contribution in [3.63, 3.8) is 0 Å². The first-order valence-corrected chi connectivity index (χ1v) is 11.1. The predicted octanol–water partition coefficient (Wildman–Crippen LogP) is 4.16. The van der Waals surface area contributed by atoms with Crippen LogP contribution in [0.4, 0.5) is 11.4 Å². The Labute approximate surface area is 188 Å². The minimum absolute atomic E-state index is 0.00993. The van der Waals surface area contributed by atoms with Crippen LogP contribution in [0, 0.1) is 5.92 Å². The average Bonchev–Trinajstić information content (AvgIpc) is 2.82. The Kier molecular flexibility index (Phi) is 6.59. The van der Waals surface area contributed by atoms with Gasteiger partial charge in [0.05, 0.1) is 11.4 Å². The molecule has 3 aromatic rings. The molecule has 2 amide bonds. The van der Waals surface area contributed by atoms with Crippen LogP contribution in [-0.2, 0) is 9.59 Å². The van der Waals surface area contributed by atoms with Crippen LogP contribution >= 0.6 is 0 Å². The van der Waals surface area contributed by atoms with E-state index >= 15 is 0 Å². The highest BCUT2D eigenvalue weighted by atomic mass is 16.5. The zero-order chi connectivity index (χ0) is 22.5. The number of amides is 2. The van der Waals surface area contributed by atoms with Crippen molar-refractivity contribution < 1.29 is 14.3 Å². The van der Waals surface area contributed by atoms with E-state index < -0.39 is 0 Å². The van der Waals surface area contributed by atoms with Crippen LogP contribution in [-0.4, -0.2) is 49.5 Å². The maximum Gasteiger partial charge on any atom is 0.262 e. The Morgan fingerprint density at radius 1 is 0.906 bits per heavy atom. The molecule has 0 saturated carbocycles. The van der Waals surface area contributed by atoms with Crippen molar-refractivity contribution in [2.45, 2.75) is 13.8 Å². The van der Waals surface area contributed by atoms with Gasteiger partial charge in [0, 0.05) is 32.1 Å². The topological polar surface area (TPSA) is 61.9 Å². The van der Waals surface area contributed by atoms with Crippen molar-refractivity contribution in [2.24, 2.45) is 5.92 Å². The van der Waals surface area contributed by atoms with Crippen molar-refractivity contribution in [3.8, 4) is 5.75 Å². The summed E-state index contributed by atoms with van der Waals surface area (Å²) in [5.74, 6) is 0.658. The second-order valence-corrected chi connectivity index (χ2v) is 8.33. The molecule has 6 nitrogen and oxygen atoms in total. The molecule has 1 fully saturated rings. The van der Waals surface area contributed by atoms with E-state index in [-0.39, 0.29) is 24.3 Å². The predicted molar refractivity (Wildman–Crippen MR) is 128 cm³/mol. The highest BCUT2D eigenvalue weighted by Crippen LogP contribution is 2.27. The van der Waals surface area contributed by atoms with Gasteiger partial charge in [-0.15, -0.1) is 0 Å². The van der Waals surface area contributed by atoms with Gasteiger partial charge in [-0.05, 0) is 35.0 Å². The van der Waals surface area contributed by atoms with E-state index in [1.807, 2.05) is 85.5 Å². The third-order valence-corrected chi connectivity index (χ3v) is 5.69. The highest BCUT2D eigenvalue weighted by molar-refractivity contribution is 5.95. The molecule has 1 aliphatic rings. The Bertz CT molecular complexity index is 1100. The number of rotatable bonds is 6. The van der Waals surface area contributed by atoms with E-state index in [9.17, 15) is 9.59 Å². The van der Waals surface area contributed by atoms with Gasteiger partial charge in [-0.2, -0.15) is 0 Å². The maximum atomic E-state index is 12.6. The number of piperazine rings is 1. The standard InChI is InChI=1S/C26H29N3O3/c1-19(2)26(31)29-15-13-28(14-16-29)24-10-6-5-9-23(24)27-25(30)18-32-22-12-11-20-7-3-4-8-21(20)17-22/h3-12,17,19H,13-16,18H2,1-2H3,(H,27,30). The summed E-state index contributed by atoms with van der Waals surface area (Å²) in [6, 6.07) is 21.6. The van der Waals surface area contributed by atoms with E-state index in [1.165, 1.54) is 0 Å². The monoisotopic (exact) mass is 431 g/mol. The van der Waals surface area contributed by atoms with Gasteiger partial charge in [-0.25, -0.2) is 0 Å². The number of hydrogen-bond donors (Lipinski definition) is 1. The van der Waals surface area contributed by atoms with E-state index in [1.54, 1.807) is 0 Å². The lowest BCUT2D eigenvalue weighted by Crippen LogP contribution is -2.50. The lowest BCUT2D eigenvalue weighted by atomic mass is 10.1. The summed E-state index contributed by atoms with van der Waals surface area (Å²) in [4.78, 5) is 29.0. The molecule has 1 saturated heterocycles. The number of benzene rings is 3. The highest BCUT2D eigenvalue weighted by Gasteiger charge is 2.24. The third-order valence-electron chi connectivity index (χ3n) is 5.69. The summed E-state index contributed by atoms with van der Waals surface area (Å²) in [5.41, 5.74) is 1.71. The molecule has 0 atom stereocenters. The molecule has 4 rings (SSSR count).